The Kier molecular flexibility index (Phi) is 7.43. The van der Waals surface area contributed by atoms with Crippen LogP contribution in [0.15, 0.2) is 54.6 Å². The van der Waals surface area contributed by atoms with Crippen LogP contribution in [-0.2, 0) is 6.42 Å². The molecule has 0 amide bonds. The molecular weight excluding hydrogens is 466 g/mol. The number of hydrogen-bond acceptors (Lipinski definition) is 1. The first-order valence-electron chi connectivity index (χ1n) is 11.8. The van der Waals surface area contributed by atoms with Crippen LogP contribution >= 0.6 is 0 Å². The van der Waals surface area contributed by atoms with Crippen molar-refractivity contribution < 1.29 is 31.1 Å². The highest BCUT2D eigenvalue weighted by molar-refractivity contribution is 5.65. The van der Waals surface area contributed by atoms with E-state index in [1.54, 1.807) is 12.1 Å². The SMILES string of the molecule is CCCc1ccc(-c2ccc(C3CCC(C(F)(F)Oc4ccc(F)c(F)c4)CC3)c(F)c2F)cc1. The van der Waals surface area contributed by atoms with E-state index in [9.17, 15) is 22.0 Å². The topological polar surface area (TPSA) is 9.23 Å². The fraction of sp³-hybridized carbons (Fsp3) is 0.357. The summed E-state index contributed by atoms with van der Waals surface area (Å²) in [6.07, 6.45) is -1.23. The summed E-state index contributed by atoms with van der Waals surface area (Å²) in [6, 6.07) is 12.6. The molecule has 0 unspecified atom stereocenters. The monoisotopic (exact) mass is 492 g/mol. The summed E-state index contributed by atoms with van der Waals surface area (Å²) in [4.78, 5) is 0. The summed E-state index contributed by atoms with van der Waals surface area (Å²) >= 11 is 0. The first kappa shape index (κ1) is 25.1. The van der Waals surface area contributed by atoms with Gasteiger partial charge in [-0.2, -0.15) is 8.78 Å². The first-order valence-corrected chi connectivity index (χ1v) is 11.8. The van der Waals surface area contributed by atoms with E-state index in [4.69, 9.17) is 0 Å². The lowest BCUT2D eigenvalue weighted by Gasteiger charge is -2.33. The van der Waals surface area contributed by atoms with Crippen LogP contribution in [0.25, 0.3) is 11.1 Å². The van der Waals surface area contributed by atoms with Crippen molar-refractivity contribution in [3.8, 4) is 16.9 Å². The molecule has 0 saturated heterocycles. The number of ether oxygens (including phenoxy) is 1. The largest absolute Gasteiger partial charge is 0.432 e. The Morgan fingerprint density at radius 2 is 1.49 bits per heavy atom. The van der Waals surface area contributed by atoms with E-state index in [2.05, 4.69) is 11.7 Å². The molecule has 4 rings (SSSR count). The van der Waals surface area contributed by atoms with Gasteiger partial charge in [0.05, 0.1) is 5.92 Å². The number of alkyl halides is 2. The van der Waals surface area contributed by atoms with Crippen LogP contribution in [0, 0.1) is 29.2 Å². The second-order valence-corrected chi connectivity index (χ2v) is 9.07. The van der Waals surface area contributed by atoms with Crippen LogP contribution < -0.4 is 4.74 Å². The smallest absolute Gasteiger partial charge is 0.400 e. The summed E-state index contributed by atoms with van der Waals surface area (Å²) in [7, 11) is 0. The standard InChI is InChI=1S/C28H26F6O/c1-2-3-17-4-6-18(7-5-17)22-13-14-23(27(32)26(22)31)19-8-10-20(11-9-19)28(33,34)35-21-12-15-24(29)25(30)16-21/h4-7,12-16,19-20H,2-3,8-11H2,1H3. The highest BCUT2D eigenvalue weighted by Gasteiger charge is 2.44. The zero-order valence-electron chi connectivity index (χ0n) is 19.3. The van der Waals surface area contributed by atoms with Gasteiger partial charge >= 0.3 is 6.11 Å². The summed E-state index contributed by atoms with van der Waals surface area (Å²) in [5, 5.41) is 0. The molecule has 1 aliphatic carbocycles. The number of rotatable bonds is 7. The van der Waals surface area contributed by atoms with E-state index in [-0.39, 0.29) is 36.8 Å². The van der Waals surface area contributed by atoms with Crippen LogP contribution in [0.5, 0.6) is 5.75 Å². The molecule has 3 aromatic carbocycles. The maximum absolute atomic E-state index is 15.0. The molecule has 7 heteroatoms. The van der Waals surface area contributed by atoms with Crippen molar-refractivity contribution in [3.05, 3.63) is 89.0 Å². The normalized spacial score (nSPS) is 18.5. The molecule has 1 nitrogen and oxygen atoms in total. The lowest BCUT2D eigenvalue weighted by Crippen LogP contribution is -2.37. The molecule has 1 fully saturated rings. The van der Waals surface area contributed by atoms with Gasteiger partial charge in [0, 0.05) is 11.6 Å². The molecule has 0 radical (unpaired) electrons. The van der Waals surface area contributed by atoms with E-state index < -0.39 is 47.0 Å². The van der Waals surface area contributed by atoms with Gasteiger partial charge in [0.1, 0.15) is 5.75 Å². The minimum Gasteiger partial charge on any atom is -0.432 e. The molecule has 0 aromatic heterocycles. The molecule has 186 valence electrons. The summed E-state index contributed by atoms with van der Waals surface area (Å²) in [5.41, 5.74) is 2.04. The van der Waals surface area contributed by atoms with Crippen molar-refractivity contribution in [1.82, 2.24) is 0 Å². The lowest BCUT2D eigenvalue weighted by atomic mass is 9.77. The van der Waals surface area contributed by atoms with Crippen LogP contribution in [-0.4, -0.2) is 6.11 Å². The van der Waals surface area contributed by atoms with Crippen molar-refractivity contribution in [2.24, 2.45) is 5.92 Å². The number of halogens is 6. The zero-order valence-corrected chi connectivity index (χ0v) is 19.3. The Hall–Kier alpha value is -2.96. The van der Waals surface area contributed by atoms with Gasteiger partial charge in [-0.1, -0.05) is 49.7 Å². The second kappa shape index (κ2) is 10.3. The van der Waals surface area contributed by atoms with Crippen molar-refractivity contribution >= 4 is 0 Å². The Morgan fingerprint density at radius 1 is 0.800 bits per heavy atom. The van der Waals surface area contributed by atoms with E-state index in [0.717, 1.165) is 30.5 Å². The summed E-state index contributed by atoms with van der Waals surface area (Å²) in [5.74, 6) is -6.38. The third kappa shape index (κ3) is 5.49. The van der Waals surface area contributed by atoms with Gasteiger partial charge in [0.25, 0.3) is 0 Å². The number of hydrogen-bond donors (Lipinski definition) is 0. The minimum atomic E-state index is -3.60. The minimum absolute atomic E-state index is 0.0169. The molecule has 0 atom stereocenters. The fourth-order valence-electron chi connectivity index (χ4n) is 4.76. The Bertz CT molecular complexity index is 1170. The van der Waals surface area contributed by atoms with Gasteiger partial charge in [0.2, 0.25) is 0 Å². The highest BCUT2D eigenvalue weighted by Crippen LogP contribution is 2.44. The molecule has 0 N–H and O–H groups in total. The van der Waals surface area contributed by atoms with E-state index in [1.165, 1.54) is 12.1 Å². The van der Waals surface area contributed by atoms with Gasteiger partial charge in [0.15, 0.2) is 23.3 Å². The van der Waals surface area contributed by atoms with Gasteiger partial charge in [-0.05, 0) is 66.8 Å². The maximum Gasteiger partial charge on any atom is 0.400 e. The molecule has 0 bridgehead atoms. The summed E-state index contributed by atoms with van der Waals surface area (Å²) in [6.45, 7) is 2.07. The third-order valence-corrected chi connectivity index (χ3v) is 6.70. The molecule has 1 saturated carbocycles. The average Bonchev–Trinajstić information content (AvgIpc) is 2.84. The molecule has 1 aliphatic rings. The van der Waals surface area contributed by atoms with Crippen LogP contribution in [0.3, 0.4) is 0 Å². The zero-order chi connectivity index (χ0) is 25.2. The number of benzene rings is 3. The first-order chi connectivity index (χ1) is 16.7. The lowest BCUT2D eigenvalue weighted by molar-refractivity contribution is -0.222. The van der Waals surface area contributed by atoms with E-state index in [0.29, 0.717) is 11.6 Å². The van der Waals surface area contributed by atoms with E-state index >= 15 is 4.39 Å². The Balaban J connectivity index is 1.44. The molecule has 35 heavy (non-hydrogen) atoms. The number of aryl methyl sites for hydroxylation is 1. The van der Waals surface area contributed by atoms with Crippen molar-refractivity contribution in [2.45, 2.75) is 57.5 Å². The predicted molar refractivity (Wildman–Crippen MR) is 122 cm³/mol. The van der Waals surface area contributed by atoms with Crippen molar-refractivity contribution in [3.63, 3.8) is 0 Å². The predicted octanol–water partition coefficient (Wildman–Crippen LogP) is 8.81. The molecule has 0 heterocycles. The van der Waals surface area contributed by atoms with Crippen molar-refractivity contribution in [1.29, 1.82) is 0 Å². The second-order valence-electron chi connectivity index (χ2n) is 9.07. The van der Waals surface area contributed by atoms with Gasteiger partial charge in [-0.15, -0.1) is 0 Å². The van der Waals surface area contributed by atoms with Crippen molar-refractivity contribution in [2.75, 3.05) is 0 Å². The molecule has 0 aliphatic heterocycles. The summed E-state index contributed by atoms with van der Waals surface area (Å²) < 4.78 is 90.3. The Labute approximate surface area is 200 Å². The van der Waals surface area contributed by atoms with Gasteiger partial charge < -0.3 is 4.74 Å². The maximum atomic E-state index is 15.0. The van der Waals surface area contributed by atoms with E-state index in [1.807, 2.05) is 12.1 Å². The van der Waals surface area contributed by atoms with Gasteiger partial charge in [-0.3, -0.25) is 0 Å². The van der Waals surface area contributed by atoms with Gasteiger partial charge in [-0.25, -0.2) is 17.6 Å². The van der Waals surface area contributed by atoms with Crippen LogP contribution in [0.1, 0.15) is 56.1 Å². The highest BCUT2D eigenvalue weighted by atomic mass is 19.3. The molecule has 0 spiro atoms. The molecule has 3 aromatic rings. The third-order valence-electron chi connectivity index (χ3n) is 6.70. The Morgan fingerprint density at radius 3 is 2.11 bits per heavy atom. The van der Waals surface area contributed by atoms with Crippen LogP contribution in [0.2, 0.25) is 0 Å². The average molecular weight is 493 g/mol. The quantitative estimate of drug-likeness (QED) is 0.300. The molecular formula is C28H26F6O. The van der Waals surface area contributed by atoms with Crippen LogP contribution in [0.4, 0.5) is 26.3 Å². The fourth-order valence-corrected chi connectivity index (χ4v) is 4.76.